The predicted octanol–water partition coefficient (Wildman–Crippen LogP) is 5.32. The maximum Gasteiger partial charge on any atom is 0.269 e. The number of ether oxygens (including phenoxy) is 1. The molecule has 0 bridgehead atoms. The molecule has 2 aromatic rings. The quantitative estimate of drug-likeness (QED) is 0.544. The summed E-state index contributed by atoms with van der Waals surface area (Å²) in [5, 5.41) is 11.2. The molecule has 2 aromatic carbocycles. The molecule has 0 aromatic heterocycles. The third kappa shape index (κ3) is 4.29. The largest absolute Gasteiger partial charge is 0.489 e. The van der Waals surface area contributed by atoms with Gasteiger partial charge in [-0.1, -0.05) is 25.1 Å². The summed E-state index contributed by atoms with van der Waals surface area (Å²) in [4.78, 5) is 11.6. The Bertz CT molecular complexity index is 675. The van der Waals surface area contributed by atoms with Crippen molar-refractivity contribution in [3.63, 3.8) is 0 Å². The van der Waals surface area contributed by atoms with Gasteiger partial charge in [0.1, 0.15) is 11.9 Å². The van der Waals surface area contributed by atoms with Crippen LogP contribution in [0.3, 0.4) is 0 Å². The van der Waals surface area contributed by atoms with Crippen molar-refractivity contribution in [1.29, 1.82) is 0 Å². The van der Waals surface area contributed by atoms with E-state index in [1.54, 1.807) is 12.1 Å². The van der Waals surface area contributed by atoms with E-state index < -0.39 is 0 Å². The summed E-state index contributed by atoms with van der Waals surface area (Å²) in [5.74, 6) is 1.35. The number of nitrogens with zero attached hydrogens (tertiary/aromatic N) is 1. The molecule has 1 aliphatic rings. The summed E-state index contributed by atoms with van der Waals surface area (Å²) in [6.07, 6.45) is 3.48. The summed E-state index contributed by atoms with van der Waals surface area (Å²) in [5.41, 5.74) is 0.0922. The van der Waals surface area contributed by atoms with Crippen molar-refractivity contribution in [1.82, 2.24) is 0 Å². The van der Waals surface area contributed by atoms with Gasteiger partial charge in [0.05, 0.1) is 4.92 Å². The molecule has 126 valence electrons. The van der Waals surface area contributed by atoms with Crippen LogP contribution >= 0.6 is 11.8 Å². The molecular weight excluding hydrogens is 322 g/mol. The average molecular weight is 343 g/mol. The normalized spacial score (nSPS) is 23.6. The zero-order valence-electron chi connectivity index (χ0n) is 13.6. The van der Waals surface area contributed by atoms with E-state index >= 15 is 0 Å². The van der Waals surface area contributed by atoms with Crippen LogP contribution in [-0.4, -0.2) is 16.3 Å². The second-order valence-corrected chi connectivity index (χ2v) is 7.61. The zero-order valence-corrected chi connectivity index (χ0v) is 14.4. The Morgan fingerprint density at radius 2 is 1.79 bits per heavy atom. The van der Waals surface area contributed by atoms with Gasteiger partial charge in [0.25, 0.3) is 5.69 Å². The smallest absolute Gasteiger partial charge is 0.269 e. The number of nitro benzene ring substituents is 1. The second-order valence-electron chi connectivity index (χ2n) is 6.29. The molecule has 0 radical (unpaired) electrons. The molecule has 0 saturated heterocycles. The summed E-state index contributed by atoms with van der Waals surface area (Å²) >= 11 is 1.87. The maximum absolute atomic E-state index is 10.8. The molecule has 1 aliphatic carbocycles. The van der Waals surface area contributed by atoms with Crippen LogP contribution in [0, 0.1) is 16.0 Å². The third-order valence-electron chi connectivity index (χ3n) is 4.36. The molecule has 0 unspecified atom stereocenters. The molecule has 0 spiro atoms. The van der Waals surface area contributed by atoms with Crippen LogP contribution in [0.1, 0.15) is 26.2 Å². The van der Waals surface area contributed by atoms with Crippen LogP contribution in [0.5, 0.6) is 5.75 Å². The maximum atomic E-state index is 10.8. The van der Waals surface area contributed by atoms with E-state index in [-0.39, 0.29) is 16.7 Å². The number of nitro groups is 1. The van der Waals surface area contributed by atoms with Crippen molar-refractivity contribution in [3.05, 3.63) is 64.7 Å². The van der Waals surface area contributed by atoms with Gasteiger partial charge in [0.15, 0.2) is 0 Å². The Balaban J connectivity index is 1.70. The Kier molecular flexibility index (Phi) is 5.41. The van der Waals surface area contributed by atoms with Crippen molar-refractivity contribution in [2.75, 3.05) is 0 Å². The first-order valence-corrected chi connectivity index (χ1v) is 9.12. The van der Waals surface area contributed by atoms with E-state index in [9.17, 15) is 10.1 Å². The van der Waals surface area contributed by atoms with Gasteiger partial charge in [-0.25, -0.2) is 0 Å². The number of thioether (sulfide) groups is 1. The molecule has 3 rings (SSSR count). The lowest BCUT2D eigenvalue weighted by Crippen LogP contribution is -2.35. The fourth-order valence-corrected chi connectivity index (χ4v) is 4.29. The Hall–Kier alpha value is -2.01. The van der Waals surface area contributed by atoms with Crippen LogP contribution in [-0.2, 0) is 0 Å². The van der Waals surface area contributed by atoms with Crippen LogP contribution in [0.15, 0.2) is 59.5 Å². The number of hydrogen-bond acceptors (Lipinski definition) is 4. The van der Waals surface area contributed by atoms with Crippen LogP contribution in [0.25, 0.3) is 0 Å². The van der Waals surface area contributed by atoms with Gasteiger partial charge in [0.2, 0.25) is 0 Å². The van der Waals surface area contributed by atoms with Crippen LogP contribution < -0.4 is 4.74 Å². The Morgan fingerprint density at radius 3 is 2.46 bits per heavy atom. The van der Waals surface area contributed by atoms with E-state index in [0.717, 1.165) is 12.8 Å². The van der Waals surface area contributed by atoms with Gasteiger partial charge in [-0.3, -0.25) is 10.1 Å². The monoisotopic (exact) mass is 343 g/mol. The SMILES string of the molecule is C[C@H]1CC[C@@H](Sc2ccccc2)[C@H](Oc2ccc([N+](=O)[O-])cc2)C1. The van der Waals surface area contributed by atoms with Crippen molar-refractivity contribution in [2.24, 2.45) is 5.92 Å². The minimum atomic E-state index is -0.388. The molecule has 0 N–H and O–H groups in total. The van der Waals surface area contributed by atoms with Gasteiger partial charge in [0, 0.05) is 22.3 Å². The van der Waals surface area contributed by atoms with Crippen molar-refractivity contribution in [3.8, 4) is 5.75 Å². The van der Waals surface area contributed by atoms with E-state index in [0.29, 0.717) is 16.9 Å². The predicted molar refractivity (Wildman–Crippen MR) is 96.6 cm³/mol. The summed E-state index contributed by atoms with van der Waals surface area (Å²) in [7, 11) is 0. The molecular formula is C19H21NO3S. The van der Waals surface area contributed by atoms with Gasteiger partial charge in [-0.05, 0) is 49.4 Å². The summed E-state index contributed by atoms with van der Waals surface area (Å²) in [6, 6.07) is 16.8. The van der Waals surface area contributed by atoms with Crippen molar-refractivity contribution < 1.29 is 9.66 Å². The summed E-state index contributed by atoms with van der Waals surface area (Å²) < 4.78 is 6.20. The lowest BCUT2D eigenvalue weighted by atomic mass is 9.88. The molecule has 3 atom stereocenters. The van der Waals surface area contributed by atoms with Crippen molar-refractivity contribution >= 4 is 17.4 Å². The highest BCUT2D eigenvalue weighted by atomic mass is 32.2. The zero-order chi connectivity index (χ0) is 16.9. The second kappa shape index (κ2) is 7.71. The van der Waals surface area contributed by atoms with E-state index in [4.69, 9.17) is 4.74 Å². The molecule has 4 nitrogen and oxygen atoms in total. The Morgan fingerprint density at radius 1 is 1.08 bits per heavy atom. The van der Waals surface area contributed by atoms with Gasteiger partial charge >= 0.3 is 0 Å². The lowest BCUT2D eigenvalue weighted by molar-refractivity contribution is -0.384. The van der Waals surface area contributed by atoms with Crippen LogP contribution in [0.2, 0.25) is 0 Å². The topological polar surface area (TPSA) is 52.4 Å². The van der Waals surface area contributed by atoms with Gasteiger partial charge < -0.3 is 4.74 Å². The standard InChI is InChI=1S/C19H21NO3S/c1-14-7-12-19(24-17-5-3-2-4-6-17)18(13-14)23-16-10-8-15(9-11-16)20(21)22/h2-6,8-11,14,18-19H,7,12-13H2,1H3/t14-,18+,19+/m0/s1. The molecule has 0 aliphatic heterocycles. The van der Waals surface area contributed by atoms with E-state index in [2.05, 4.69) is 31.2 Å². The minimum Gasteiger partial charge on any atom is -0.489 e. The summed E-state index contributed by atoms with van der Waals surface area (Å²) in [6.45, 7) is 2.26. The molecule has 1 saturated carbocycles. The molecule has 1 fully saturated rings. The first-order chi connectivity index (χ1) is 11.6. The number of non-ortho nitro benzene ring substituents is 1. The fourth-order valence-electron chi connectivity index (χ4n) is 3.05. The van der Waals surface area contributed by atoms with E-state index in [1.165, 1.54) is 23.4 Å². The first-order valence-electron chi connectivity index (χ1n) is 8.24. The highest BCUT2D eigenvalue weighted by molar-refractivity contribution is 8.00. The number of rotatable bonds is 5. The fraction of sp³-hybridized carbons (Fsp3) is 0.368. The number of hydrogen-bond donors (Lipinski definition) is 0. The molecule has 0 heterocycles. The molecule has 5 heteroatoms. The first kappa shape index (κ1) is 16.8. The van der Waals surface area contributed by atoms with Crippen molar-refractivity contribution in [2.45, 2.75) is 42.4 Å². The molecule has 24 heavy (non-hydrogen) atoms. The average Bonchev–Trinajstić information content (AvgIpc) is 2.59. The van der Waals surface area contributed by atoms with Gasteiger partial charge in [-0.2, -0.15) is 0 Å². The molecule has 0 amide bonds. The highest BCUT2D eigenvalue weighted by Gasteiger charge is 2.31. The van der Waals surface area contributed by atoms with Gasteiger partial charge in [-0.15, -0.1) is 11.8 Å². The lowest BCUT2D eigenvalue weighted by Gasteiger charge is -2.34. The third-order valence-corrected chi connectivity index (χ3v) is 5.75. The highest BCUT2D eigenvalue weighted by Crippen LogP contribution is 2.38. The minimum absolute atomic E-state index is 0.0922. The number of benzene rings is 2. The van der Waals surface area contributed by atoms with E-state index in [1.807, 2.05) is 17.8 Å². The van der Waals surface area contributed by atoms with Crippen LogP contribution in [0.4, 0.5) is 5.69 Å². The Labute approximate surface area is 146 Å².